The first kappa shape index (κ1) is 16.2. The zero-order valence-corrected chi connectivity index (χ0v) is 14.2. The van der Waals surface area contributed by atoms with Crippen LogP contribution < -0.4 is 5.73 Å². The zero-order chi connectivity index (χ0) is 14.8. The normalized spacial score (nSPS) is 21.1. The largest absolute Gasteiger partial charge is 0.330 e. The molecule has 0 spiro atoms. The Labute approximate surface area is 133 Å². The lowest BCUT2D eigenvalue weighted by atomic mass is 9.96. The third-order valence-electron chi connectivity index (χ3n) is 3.59. The highest BCUT2D eigenvalue weighted by Crippen LogP contribution is 2.33. The SMILES string of the molecule is NCCC1CCCN(S(=O)(=O)c2cccc(Br)c2Cl)C1. The lowest BCUT2D eigenvalue weighted by Crippen LogP contribution is -2.40. The highest BCUT2D eigenvalue weighted by Gasteiger charge is 2.31. The van der Waals surface area contributed by atoms with Crippen LogP contribution >= 0.6 is 27.5 Å². The van der Waals surface area contributed by atoms with Crippen LogP contribution in [-0.2, 0) is 10.0 Å². The fourth-order valence-electron chi connectivity index (χ4n) is 2.54. The summed E-state index contributed by atoms with van der Waals surface area (Å²) in [6.07, 6.45) is 2.77. The molecule has 1 atom stereocenters. The fraction of sp³-hybridized carbons (Fsp3) is 0.538. The number of benzene rings is 1. The molecule has 1 aromatic rings. The molecule has 0 aliphatic carbocycles. The van der Waals surface area contributed by atoms with Gasteiger partial charge >= 0.3 is 0 Å². The first-order valence-corrected chi connectivity index (χ1v) is 9.22. The van der Waals surface area contributed by atoms with Crippen molar-refractivity contribution >= 4 is 37.6 Å². The number of nitrogens with two attached hydrogens (primary N) is 1. The molecule has 20 heavy (non-hydrogen) atoms. The molecule has 1 aliphatic rings. The zero-order valence-electron chi connectivity index (χ0n) is 11.1. The molecule has 1 unspecified atom stereocenters. The van der Waals surface area contributed by atoms with Gasteiger partial charge in [0.1, 0.15) is 4.90 Å². The van der Waals surface area contributed by atoms with E-state index in [4.69, 9.17) is 17.3 Å². The molecular weight excluding hydrogens is 364 g/mol. The van der Waals surface area contributed by atoms with Crippen LogP contribution in [0.3, 0.4) is 0 Å². The second kappa shape index (κ2) is 6.75. The van der Waals surface area contributed by atoms with Gasteiger partial charge in [-0.05, 0) is 59.8 Å². The maximum atomic E-state index is 12.7. The Morgan fingerprint density at radius 1 is 1.45 bits per heavy atom. The van der Waals surface area contributed by atoms with Crippen molar-refractivity contribution < 1.29 is 8.42 Å². The lowest BCUT2D eigenvalue weighted by molar-refractivity contribution is 0.258. The van der Waals surface area contributed by atoms with Crippen LogP contribution in [0.4, 0.5) is 0 Å². The third kappa shape index (κ3) is 3.36. The van der Waals surface area contributed by atoms with Crippen molar-refractivity contribution in [2.75, 3.05) is 19.6 Å². The van der Waals surface area contributed by atoms with Crippen LogP contribution in [0.25, 0.3) is 0 Å². The summed E-state index contributed by atoms with van der Waals surface area (Å²) in [5.41, 5.74) is 5.57. The van der Waals surface area contributed by atoms with Crippen LogP contribution in [-0.4, -0.2) is 32.4 Å². The van der Waals surface area contributed by atoms with E-state index in [1.54, 1.807) is 18.2 Å². The van der Waals surface area contributed by atoms with Crippen molar-refractivity contribution in [1.82, 2.24) is 4.31 Å². The molecule has 1 aliphatic heterocycles. The summed E-state index contributed by atoms with van der Waals surface area (Å²) in [6.45, 7) is 1.67. The van der Waals surface area contributed by atoms with Gasteiger partial charge in [0.25, 0.3) is 0 Å². The van der Waals surface area contributed by atoms with Crippen LogP contribution in [0.2, 0.25) is 5.02 Å². The minimum Gasteiger partial charge on any atom is -0.330 e. The second-order valence-corrected chi connectivity index (χ2v) is 8.14. The summed E-state index contributed by atoms with van der Waals surface area (Å²) in [4.78, 5) is 0.168. The first-order chi connectivity index (χ1) is 9.46. The van der Waals surface area contributed by atoms with E-state index < -0.39 is 10.0 Å². The van der Waals surface area contributed by atoms with E-state index in [9.17, 15) is 8.42 Å². The summed E-state index contributed by atoms with van der Waals surface area (Å²) in [5.74, 6) is 0.342. The average molecular weight is 382 g/mol. The number of rotatable bonds is 4. The second-order valence-electron chi connectivity index (χ2n) is 5.00. The topological polar surface area (TPSA) is 63.4 Å². The summed E-state index contributed by atoms with van der Waals surface area (Å²) in [6, 6.07) is 4.97. The Hall–Kier alpha value is -0.140. The molecule has 0 amide bonds. The first-order valence-electron chi connectivity index (χ1n) is 6.61. The Morgan fingerprint density at radius 2 is 2.20 bits per heavy atom. The van der Waals surface area contributed by atoms with E-state index in [2.05, 4.69) is 15.9 Å². The minimum atomic E-state index is -3.54. The van der Waals surface area contributed by atoms with Crippen molar-refractivity contribution in [3.05, 3.63) is 27.7 Å². The number of hydrogen-bond acceptors (Lipinski definition) is 3. The molecule has 0 aromatic heterocycles. The van der Waals surface area contributed by atoms with Gasteiger partial charge in [0.2, 0.25) is 10.0 Å². The molecule has 2 rings (SSSR count). The van der Waals surface area contributed by atoms with Gasteiger partial charge in [-0.1, -0.05) is 17.7 Å². The quantitative estimate of drug-likeness (QED) is 0.872. The molecular formula is C13H18BrClN2O2S. The molecule has 1 saturated heterocycles. The molecule has 1 fully saturated rings. The van der Waals surface area contributed by atoms with E-state index in [1.165, 1.54) is 4.31 Å². The Balaban J connectivity index is 2.28. The number of hydrogen-bond donors (Lipinski definition) is 1. The maximum Gasteiger partial charge on any atom is 0.244 e. The van der Waals surface area contributed by atoms with Gasteiger partial charge in [-0.2, -0.15) is 4.31 Å². The van der Waals surface area contributed by atoms with E-state index >= 15 is 0 Å². The van der Waals surface area contributed by atoms with Gasteiger partial charge in [0.15, 0.2) is 0 Å². The Kier molecular flexibility index (Phi) is 5.48. The molecule has 0 radical (unpaired) electrons. The monoisotopic (exact) mass is 380 g/mol. The van der Waals surface area contributed by atoms with Gasteiger partial charge < -0.3 is 5.73 Å². The van der Waals surface area contributed by atoms with Gasteiger partial charge in [0, 0.05) is 17.6 Å². The van der Waals surface area contributed by atoms with E-state index in [-0.39, 0.29) is 9.92 Å². The van der Waals surface area contributed by atoms with Gasteiger partial charge in [-0.3, -0.25) is 0 Å². The highest BCUT2D eigenvalue weighted by molar-refractivity contribution is 9.10. The van der Waals surface area contributed by atoms with E-state index in [1.807, 2.05) is 0 Å². The predicted molar refractivity (Wildman–Crippen MR) is 84.3 cm³/mol. The van der Waals surface area contributed by atoms with Crippen LogP contribution in [0, 0.1) is 5.92 Å². The summed E-state index contributed by atoms with van der Waals surface area (Å²) >= 11 is 9.39. The number of sulfonamides is 1. The van der Waals surface area contributed by atoms with Gasteiger partial charge in [-0.25, -0.2) is 8.42 Å². The number of nitrogens with zero attached hydrogens (tertiary/aromatic N) is 1. The number of halogens is 2. The molecule has 1 heterocycles. The average Bonchev–Trinajstić information content (AvgIpc) is 2.42. The molecule has 4 nitrogen and oxygen atoms in total. The van der Waals surface area contributed by atoms with Crippen molar-refractivity contribution in [1.29, 1.82) is 0 Å². The third-order valence-corrected chi connectivity index (χ3v) is 6.91. The predicted octanol–water partition coefficient (Wildman–Crippen LogP) is 2.85. The fourth-order valence-corrected chi connectivity index (χ4v) is 5.10. The van der Waals surface area contributed by atoms with Crippen molar-refractivity contribution in [2.24, 2.45) is 11.7 Å². The van der Waals surface area contributed by atoms with Crippen LogP contribution in [0.5, 0.6) is 0 Å². The van der Waals surface area contributed by atoms with Gasteiger partial charge in [-0.15, -0.1) is 0 Å². The molecule has 2 N–H and O–H groups in total. The Bertz CT molecular complexity index is 578. The lowest BCUT2D eigenvalue weighted by Gasteiger charge is -2.32. The maximum absolute atomic E-state index is 12.7. The highest BCUT2D eigenvalue weighted by atomic mass is 79.9. The van der Waals surface area contributed by atoms with Crippen molar-refractivity contribution in [3.63, 3.8) is 0 Å². The number of piperidine rings is 1. The summed E-state index contributed by atoms with van der Waals surface area (Å²) in [7, 11) is -3.54. The molecule has 0 saturated carbocycles. The molecule has 7 heteroatoms. The summed E-state index contributed by atoms with van der Waals surface area (Å²) in [5, 5.41) is 0.244. The van der Waals surface area contributed by atoms with Gasteiger partial charge in [0.05, 0.1) is 5.02 Å². The van der Waals surface area contributed by atoms with E-state index in [0.29, 0.717) is 30.0 Å². The van der Waals surface area contributed by atoms with Crippen molar-refractivity contribution in [3.8, 4) is 0 Å². The van der Waals surface area contributed by atoms with E-state index in [0.717, 1.165) is 19.3 Å². The molecule has 0 bridgehead atoms. The van der Waals surface area contributed by atoms with Crippen LogP contribution in [0.15, 0.2) is 27.6 Å². The molecule has 112 valence electrons. The smallest absolute Gasteiger partial charge is 0.244 e. The molecule has 1 aromatic carbocycles. The summed E-state index contributed by atoms with van der Waals surface area (Å²) < 4.78 is 27.5. The van der Waals surface area contributed by atoms with Crippen molar-refractivity contribution in [2.45, 2.75) is 24.2 Å². The Morgan fingerprint density at radius 3 is 2.90 bits per heavy atom. The van der Waals surface area contributed by atoms with Crippen LogP contribution in [0.1, 0.15) is 19.3 Å². The standard InChI is InChI=1S/C13H18BrClN2O2S/c14-11-4-1-5-12(13(11)15)20(18,19)17-8-2-3-10(9-17)6-7-16/h1,4-5,10H,2-3,6-9,16H2. The minimum absolute atomic E-state index is 0.168.